The third-order valence-corrected chi connectivity index (χ3v) is 6.16. The molecule has 1 unspecified atom stereocenters. The van der Waals surface area contributed by atoms with Gasteiger partial charge in [0.2, 0.25) is 0 Å². The zero-order valence-corrected chi connectivity index (χ0v) is 19.4. The number of rotatable bonds is 6. The van der Waals surface area contributed by atoms with Crippen molar-refractivity contribution in [1.29, 1.82) is 0 Å². The van der Waals surface area contributed by atoms with Crippen LogP contribution in [0.2, 0.25) is 0 Å². The molecule has 1 N–H and O–H groups in total. The summed E-state index contributed by atoms with van der Waals surface area (Å²) in [6.07, 6.45) is -0.587. The molecule has 5 heteroatoms. The van der Waals surface area contributed by atoms with Gasteiger partial charge in [0.05, 0.1) is 12.2 Å². The van der Waals surface area contributed by atoms with Crippen LogP contribution < -0.4 is 10.1 Å². The number of carbonyl (C=O) groups excluding carboxylic acids is 1. The molecule has 0 fully saturated rings. The third-order valence-electron chi connectivity index (χ3n) is 4.95. The van der Waals surface area contributed by atoms with Crippen molar-refractivity contribution < 1.29 is 9.53 Å². The van der Waals surface area contributed by atoms with Crippen molar-refractivity contribution in [2.75, 3.05) is 0 Å². The van der Waals surface area contributed by atoms with Crippen LogP contribution in [-0.2, 0) is 16.8 Å². The minimum absolute atomic E-state index is 0.0643. The molecule has 3 aromatic rings. The summed E-state index contributed by atoms with van der Waals surface area (Å²) in [6.45, 7) is 12.7. The van der Waals surface area contributed by atoms with E-state index in [-0.39, 0.29) is 11.3 Å². The number of ether oxygens (including phenoxy) is 1. The Kier molecular flexibility index (Phi) is 6.61. The minimum Gasteiger partial charge on any atom is -0.481 e. The molecule has 1 aromatic heterocycles. The van der Waals surface area contributed by atoms with E-state index in [0.717, 1.165) is 32.5 Å². The Morgan fingerprint density at radius 2 is 1.83 bits per heavy atom. The second-order valence-corrected chi connectivity index (χ2v) is 9.70. The van der Waals surface area contributed by atoms with Crippen molar-refractivity contribution >= 4 is 17.2 Å². The van der Waals surface area contributed by atoms with Gasteiger partial charge in [0, 0.05) is 10.4 Å². The summed E-state index contributed by atoms with van der Waals surface area (Å²) in [6, 6.07) is 16.2. The summed E-state index contributed by atoms with van der Waals surface area (Å²) in [4.78, 5) is 18.4. The van der Waals surface area contributed by atoms with Crippen molar-refractivity contribution in [2.45, 2.75) is 59.6 Å². The molecule has 0 bridgehead atoms. The maximum Gasteiger partial charge on any atom is 0.261 e. The number of carbonyl (C=O) groups is 1. The van der Waals surface area contributed by atoms with Gasteiger partial charge in [-0.3, -0.25) is 4.79 Å². The van der Waals surface area contributed by atoms with Crippen LogP contribution >= 0.6 is 11.3 Å². The molecule has 1 amide bonds. The van der Waals surface area contributed by atoms with Crippen molar-refractivity contribution in [1.82, 2.24) is 10.3 Å². The molecule has 158 valence electrons. The van der Waals surface area contributed by atoms with Gasteiger partial charge in [-0.15, -0.1) is 11.3 Å². The summed E-state index contributed by atoms with van der Waals surface area (Å²) in [7, 11) is 0. The predicted octanol–water partition coefficient (Wildman–Crippen LogP) is 5.81. The fourth-order valence-electron chi connectivity index (χ4n) is 3.18. The maximum atomic E-state index is 12.7. The summed E-state index contributed by atoms with van der Waals surface area (Å²) < 4.78 is 6.06. The van der Waals surface area contributed by atoms with Gasteiger partial charge in [-0.05, 0) is 37.8 Å². The lowest BCUT2D eigenvalue weighted by Gasteiger charge is -2.25. The normalized spacial score (nSPS) is 12.5. The number of amides is 1. The van der Waals surface area contributed by atoms with Crippen LogP contribution in [0, 0.1) is 13.8 Å². The van der Waals surface area contributed by atoms with Crippen molar-refractivity contribution in [2.24, 2.45) is 0 Å². The predicted molar refractivity (Wildman–Crippen MR) is 124 cm³/mol. The van der Waals surface area contributed by atoms with Gasteiger partial charge >= 0.3 is 0 Å². The Morgan fingerprint density at radius 1 is 1.13 bits per heavy atom. The molecule has 0 radical (unpaired) electrons. The largest absolute Gasteiger partial charge is 0.481 e. The summed E-state index contributed by atoms with van der Waals surface area (Å²) in [5.74, 6) is 0.626. The van der Waals surface area contributed by atoms with E-state index < -0.39 is 6.10 Å². The molecule has 0 saturated carbocycles. The van der Waals surface area contributed by atoms with Crippen LogP contribution in [0.25, 0.3) is 10.6 Å². The first-order valence-corrected chi connectivity index (χ1v) is 11.0. The van der Waals surface area contributed by atoms with E-state index in [1.807, 2.05) is 49.4 Å². The number of hydrogen-bond acceptors (Lipinski definition) is 4. The minimum atomic E-state index is -0.587. The summed E-state index contributed by atoms with van der Waals surface area (Å²) in [5.41, 5.74) is 4.26. The molecule has 0 aliphatic carbocycles. The number of nitrogens with zero attached hydrogens (tertiary/aromatic N) is 1. The average molecular weight is 423 g/mol. The SMILES string of the molecule is Cc1ccc(OC(C)C(=O)NCc2sc(-c3ccccc3)nc2C)c(C(C)(C)C)c1. The number of aryl methyl sites for hydroxylation is 2. The Bertz CT molecular complexity index is 1020. The van der Waals surface area contributed by atoms with E-state index in [1.54, 1.807) is 18.3 Å². The molecule has 3 rings (SSSR count). The molecule has 2 aromatic carbocycles. The highest BCUT2D eigenvalue weighted by Gasteiger charge is 2.23. The van der Waals surface area contributed by atoms with E-state index in [2.05, 4.69) is 44.1 Å². The molecule has 0 saturated heterocycles. The van der Waals surface area contributed by atoms with Gasteiger partial charge in [0.1, 0.15) is 10.8 Å². The van der Waals surface area contributed by atoms with E-state index >= 15 is 0 Å². The van der Waals surface area contributed by atoms with Gasteiger partial charge in [0.15, 0.2) is 6.10 Å². The van der Waals surface area contributed by atoms with Gasteiger partial charge in [-0.1, -0.05) is 68.8 Å². The van der Waals surface area contributed by atoms with Crippen LogP contribution in [0.4, 0.5) is 0 Å². The number of nitrogens with one attached hydrogen (secondary N) is 1. The molecule has 1 heterocycles. The van der Waals surface area contributed by atoms with Gasteiger partial charge < -0.3 is 10.1 Å². The first-order valence-electron chi connectivity index (χ1n) is 10.2. The van der Waals surface area contributed by atoms with Crippen LogP contribution in [0.15, 0.2) is 48.5 Å². The highest BCUT2D eigenvalue weighted by atomic mass is 32.1. The van der Waals surface area contributed by atoms with E-state index in [4.69, 9.17) is 4.74 Å². The third kappa shape index (κ3) is 5.28. The summed E-state index contributed by atoms with van der Waals surface area (Å²) in [5, 5.41) is 3.97. The van der Waals surface area contributed by atoms with Crippen LogP contribution in [0.3, 0.4) is 0 Å². The lowest BCUT2D eigenvalue weighted by atomic mass is 9.85. The molecule has 1 atom stereocenters. The second kappa shape index (κ2) is 9.00. The fraction of sp³-hybridized carbons (Fsp3) is 0.360. The zero-order chi connectivity index (χ0) is 21.9. The number of thiazole rings is 1. The Hall–Kier alpha value is -2.66. The maximum absolute atomic E-state index is 12.7. The molecule has 0 spiro atoms. The smallest absolute Gasteiger partial charge is 0.261 e. The molecule has 30 heavy (non-hydrogen) atoms. The van der Waals surface area contributed by atoms with Crippen LogP contribution in [0.1, 0.15) is 49.4 Å². The summed E-state index contributed by atoms with van der Waals surface area (Å²) >= 11 is 1.61. The van der Waals surface area contributed by atoms with Crippen LogP contribution in [0.5, 0.6) is 5.75 Å². The van der Waals surface area contributed by atoms with Crippen molar-refractivity contribution in [3.63, 3.8) is 0 Å². The van der Waals surface area contributed by atoms with E-state index in [1.165, 1.54) is 5.56 Å². The van der Waals surface area contributed by atoms with Gasteiger partial charge in [-0.25, -0.2) is 4.98 Å². The molecular formula is C25H30N2O2S. The zero-order valence-electron chi connectivity index (χ0n) is 18.6. The first-order chi connectivity index (χ1) is 14.1. The first kappa shape index (κ1) is 22.0. The average Bonchev–Trinajstić information content (AvgIpc) is 3.08. The highest BCUT2D eigenvalue weighted by molar-refractivity contribution is 7.15. The molecular weight excluding hydrogens is 392 g/mol. The van der Waals surface area contributed by atoms with Crippen LogP contribution in [-0.4, -0.2) is 17.0 Å². The Balaban J connectivity index is 1.66. The number of benzene rings is 2. The topological polar surface area (TPSA) is 51.2 Å². The van der Waals surface area contributed by atoms with E-state index in [9.17, 15) is 4.79 Å². The molecule has 0 aliphatic heterocycles. The second-order valence-electron chi connectivity index (χ2n) is 8.62. The number of aromatic nitrogens is 1. The standard InChI is InChI=1S/C25H30N2O2S/c1-16-12-13-21(20(14-16)25(4,5)6)29-18(3)23(28)26-15-22-17(2)27-24(30-22)19-10-8-7-9-11-19/h7-14,18H,15H2,1-6H3,(H,26,28). The monoisotopic (exact) mass is 422 g/mol. The quantitative estimate of drug-likeness (QED) is 0.545. The Labute approximate surface area is 183 Å². The lowest BCUT2D eigenvalue weighted by molar-refractivity contribution is -0.127. The van der Waals surface area contributed by atoms with E-state index in [0.29, 0.717) is 6.54 Å². The number of hydrogen-bond donors (Lipinski definition) is 1. The Morgan fingerprint density at radius 3 is 2.50 bits per heavy atom. The van der Waals surface area contributed by atoms with Gasteiger partial charge in [0.25, 0.3) is 5.91 Å². The fourth-order valence-corrected chi connectivity index (χ4v) is 4.19. The van der Waals surface area contributed by atoms with Crippen molar-refractivity contribution in [3.05, 3.63) is 70.2 Å². The lowest BCUT2D eigenvalue weighted by Crippen LogP contribution is -2.36. The molecule has 4 nitrogen and oxygen atoms in total. The molecule has 0 aliphatic rings. The highest BCUT2D eigenvalue weighted by Crippen LogP contribution is 2.33. The van der Waals surface area contributed by atoms with Crippen molar-refractivity contribution in [3.8, 4) is 16.3 Å². The van der Waals surface area contributed by atoms with Gasteiger partial charge in [-0.2, -0.15) is 0 Å².